The van der Waals surface area contributed by atoms with Crippen LogP contribution in [0, 0.1) is 0 Å². The number of rotatable bonds is 2. The highest BCUT2D eigenvalue weighted by atomic mass is 32.1. The number of benzene rings is 3. The minimum absolute atomic E-state index is 1.25. The lowest BCUT2D eigenvalue weighted by molar-refractivity contribution is 1.77. The molecule has 0 saturated heterocycles. The molecule has 0 amide bonds. The van der Waals surface area contributed by atoms with Crippen LogP contribution in [0.15, 0.2) is 72.8 Å². The lowest BCUT2D eigenvalue weighted by atomic mass is 9.64. The molecule has 2 heteroatoms. The standard InChI is InChI=1S/C18H12BS/c1-2-7-13(8-3-1)19-16-11-6-10-15-14-9-4-5-12-17(14)20-18(15)16/h1-12H. The molecule has 93 valence electrons. The van der Waals surface area contributed by atoms with Crippen LogP contribution in [0.25, 0.3) is 20.2 Å². The molecule has 0 spiro atoms. The zero-order valence-electron chi connectivity index (χ0n) is 10.9. The topological polar surface area (TPSA) is 0 Å². The Bertz CT molecular complexity index is 878. The monoisotopic (exact) mass is 271 g/mol. The summed E-state index contributed by atoms with van der Waals surface area (Å²) >= 11 is 1.88. The van der Waals surface area contributed by atoms with Gasteiger partial charge in [-0.05, 0) is 11.5 Å². The second-order valence-electron chi connectivity index (χ2n) is 4.88. The first-order valence-corrected chi connectivity index (χ1v) is 7.53. The summed E-state index contributed by atoms with van der Waals surface area (Å²) in [6, 6.07) is 25.7. The molecule has 3 aromatic carbocycles. The molecule has 20 heavy (non-hydrogen) atoms. The van der Waals surface area contributed by atoms with Gasteiger partial charge in [0.15, 0.2) is 7.28 Å². The van der Waals surface area contributed by atoms with Gasteiger partial charge in [0.05, 0.1) is 0 Å². The molecule has 0 nitrogen and oxygen atoms in total. The Balaban J connectivity index is 1.91. The Morgan fingerprint density at radius 2 is 1.40 bits per heavy atom. The van der Waals surface area contributed by atoms with Crippen LogP contribution in [-0.2, 0) is 0 Å². The highest BCUT2D eigenvalue weighted by molar-refractivity contribution is 7.27. The molecule has 0 atom stereocenters. The normalized spacial score (nSPS) is 11.0. The van der Waals surface area contributed by atoms with Gasteiger partial charge in [0.2, 0.25) is 0 Å². The first kappa shape index (κ1) is 11.7. The third-order valence-corrected chi connectivity index (χ3v) is 4.79. The summed E-state index contributed by atoms with van der Waals surface area (Å²) in [4.78, 5) is 0. The maximum atomic E-state index is 2.26. The van der Waals surface area contributed by atoms with Crippen LogP contribution in [0.1, 0.15) is 0 Å². The summed E-state index contributed by atoms with van der Waals surface area (Å²) in [6.45, 7) is 0. The van der Waals surface area contributed by atoms with Crippen molar-refractivity contribution in [2.24, 2.45) is 0 Å². The van der Waals surface area contributed by atoms with Crippen molar-refractivity contribution in [2.75, 3.05) is 0 Å². The molecule has 0 fully saturated rings. The van der Waals surface area contributed by atoms with Gasteiger partial charge in [0.25, 0.3) is 0 Å². The molecule has 1 aromatic heterocycles. The Morgan fingerprint density at radius 3 is 2.30 bits per heavy atom. The molecular weight excluding hydrogens is 259 g/mol. The minimum Gasteiger partial charge on any atom is -0.136 e. The molecule has 4 aromatic rings. The third-order valence-electron chi connectivity index (χ3n) is 3.56. The first-order valence-electron chi connectivity index (χ1n) is 6.72. The Labute approximate surface area is 122 Å². The van der Waals surface area contributed by atoms with Crippen LogP contribution in [0.3, 0.4) is 0 Å². The second kappa shape index (κ2) is 4.80. The largest absolute Gasteiger partial charge is 0.193 e. The van der Waals surface area contributed by atoms with Crippen LogP contribution < -0.4 is 10.9 Å². The van der Waals surface area contributed by atoms with Gasteiger partial charge in [0.1, 0.15) is 0 Å². The molecular formula is C18H12BS. The van der Waals surface area contributed by atoms with Gasteiger partial charge < -0.3 is 0 Å². The smallest absolute Gasteiger partial charge is 0.136 e. The highest BCUT2D eigenvalue weighted by Gasteiger charge is 2.09. The van der Waals surface area contributed by atoms with Crippen LogP contribution in [-0.4, -0.2) is 7.28 Å². The fraction of sp³-hybridized carbons (Fsp3) is 0. The SMILES string of the molecule is [B](c1ccccc1)c1cccc2c1sc1ccccc12. The summed E-state index contributed by atoms with van der Waals surface area (Å²) in [5, 5.41) is 2.71. The quantitative estimate of drug-likeness (QED) is 0.487. The van der Waals surface area contributed by atoms with Gasteiger partial charge in [-0.3, -0.25) is 0 Å². The van der Waals surface area contributed by atoms with E-state index in [1.165, 1.54) is 31.1 Å². The Kier molecular flexibility index (Phi) is 2.82. The minimum atomic E-state index is 1.25. The number of fused-ring (bicyclic) bond motifs is 3. The van der Waals surface area contributed by atoms with Crippen LogP contribution in [0.4, 0.5) is 0 Å². The average molecular weight is 271 g/mol. The lowest BCUT2D eigenvalue weighted by Gasteiger charge is -2.02. The number of hydrogen-bond acceptors (Lipinski definition) is 1. The van der Waals surface area contributed by atoms with E-state index in [1.54, 1.807) is 0 Å². The zero-order valence-corrected chi connectivity index (χ0v) is 11.7. The fourth-order valence-electron chi connectivity index (χ4n) is 2.61. The van der Waals surface area contributed by atoms with Crippen molar-refractivity contribution < 1.29 is 0 Å². The average Bonchev–Trinajstić information content (AvgIpc) is 2.88. The zero-order chi connectivity index (χ0) is 13.4. The fourth-order valence-corrected chi connectivity index (χ4v) is 3.80. The van der Waals surface area contributed by atoms with Crippen molar-refractivity contribution in [3.8, 4) is 0 Å². The van der Waals surface area contributed by atoms with Gasteiger partial charge in [-0.2, -0.15) is 0 Å². The molecule has 0 aliphatic carbocycles. The van der Waals surface area contributed by atoms with Gasteiger partial charge in [-0.1, -0.05) is 77.7 Å². The number of hydrogen-bond donors (Lipinski definition) is 0. The molecule has 0 aliphatic rings. The van der Waals surface area contributed by atoms with E-state index >= 15 is 0 Å². The summed E-state index contributed by atoms with van der Waals surface area (Å²) < 4.78 is 2.73. The van der Waals surface area contributed by atoms with Gasteiger partial charge in [-0.25, -0.2) is 0 Å². The molecule has 0 saturated carbocycles. The predicted octanol–water partition coefficient (Wildman–Crippen LogP) is 3.71. The van der Waals surface area contributed by atoms with E-state index in [0.717, 1.165) is 0 Å². The maximum Gasteiger partial charge on any atom is 0.193 e. The molecule has 1 heterocycles. The van der Waals surface area contributed by atoms with Crippen LogP contribution in [0.5, 0.6) is 0 Å². The summed E-state index contributed by atoms with van der Waals surface area (Å²) in [5.74, 6) is 0. The highest BCUT2D eigenvalue weighted by Crippen LogP contribution is 2.32. The van der Waals surface area contributed by atoms with E-state index in [1.807, 2.05) is 11.3 Å². The molecule has 0 N–H and O–H groups in total. The predicted molar refractivity (Wildman–Crippen MR) is 90.8 cm³/mol. The second-order valence-corrected chi connectivity index (χ2v) is 5.93. The summed E-state index contributed by atoms with van der Waals surface area (Å²) in [5.41, 5.74) is 2.55. The van der Waals surface area contributed by atoms with Gasteiger partial charge in [-0.15, -0.1) is 11.3 Å². The molecule has 1 radical (unpaired) electrons. The van der Waals surface area contributed by atoms with E-state index in [0.29, 0.717) is 0 Å². The van der Waals surface area contributed by atoms with E-state index in [4.69, 9.17) is 0 Å². The van der Waals surface area contributed by atoms with E-state index in [2.05, 4.69) is 80.1 Å². The van der Waals surface area contributed by atoms with Crippen molar-refractivity contribution in [3.63, 3.8) is 0 Å². The molecule has 0 unspecified atom stereocenters. The van der Waals surface area contributed by atoms with Gasteiger partial charge >= 0.3 is 0 Å². The van der Waals surface area contributed by atoms with Crippen molar-refractivity contribution in [1.82, 2.24) is 0 Å². The Hall–Kier alpha value is -2.06. The Morgan fingerprint density at radius 1 is 0.650 bits per heavy atom. The first-order chi connectivity index (χ1) is 9.92. The van der Waals surface area contributed by atoms with Crippen LogP contribution in [0.2, 0.25) is 0 Å². The maximum absolute atomic E-state index is 2.26. The molecule has 4 rings (SSSR count). The van der Waals surface area contributed by atoms with Gasteiger partial charge in [0, 0.05) is 14.8 Å². The summed E-state index contributed by atoms with van der Waals surface area (Å²) in [7, 11) is 2.26. The summed E-state index contributed by atoms with van der Waals surface area (Å²) in [6.07, 6.45) is 0. The number of thiophene rings is 1. The van der Waals surface area contributed by atoms with E-state index in [9.17, 15) is 0 Å². The third kappa shape index (κ3) is 1.93. The lowest BCUT2D eigenvalue weighted by Crippen LogP contribution is -2.26. The molecule has 0 aliphatic heterocycles. The van der Waals surface area contributed by atoms with E-state index in [-0.39, 0.29) is 0 Å². The van der Waals surface area contributed by atoms with Crippen molar-refractivity contribution in [2.45, 2.75) is 0 Å². The van der Waals surface area contributed by atoms with Crippen molar-refractivity contribution in [3.05, 3.63) is 72.8 Å². The molecule has 0 bridgehead atoms. The van der Waals surface area contributed by atoms with Crippen molar-refractivity contribution >= 4 is 49.7 Å². The van der Waals surface area contributed by atoms with E-state index < -0.39 is 0 Å². The van der Waals surface area contributed by atoms with Crippen molar-refractivity contribution in [1.29, 1.82) is 0 Å². The van der Waals surface area contributed by atoms with Crippen LogP contribution >= 0.6 is 11.3 Å².